The van der Waals surface area contributed by atoms with Crippen LogP contribution in [0.25, 0.3) is 0 Å². The fourth-order valence-electron chi connectivity index (χ4n) is 0.745. The molecule has 0 aliphatic carbocycles. The molecule has 0 spiro atoms. The van der Waals surface area contributed by atoms with Crippen molar-refractivity contribution in [3.8, 4) is 0 Å². The van der Waals surface area contributed by atoms with Crippen molar-refractivity contribution in [3.05, 3.63) is 6.92 Å². The molecule has 0 N–H and O–H groups in total. The van der Waals surface area contributed by atoms with Gasteiger partial charge in [-0.05, 0) is 6.92 Å². The van der Waals surface area contributed by atoms with Gasteiger partial charge in [-0.2, -0.15) is 0 Å². The summed E-state index contributed by atoms with van der Waals surface area (Å²) < 4.78 is 84.8. The summed E-state index contributed by atoms with van der Waals surface area (Å²) in [5.74, 6) is -9.13. The van der Waals surface area contributed by atoms with E-state index in [9.17, 15) is 30.7 Å². The van der Waals surface area contributed by atoms with Crippen LogP contribution in [0.4, 0.5) is 30.7 Å². The van der Waals surface area contributed by atoms with Crippen LogP contribution in [0.1, 0.15) is 12.8 Å². The molecule has 0 aromatic rings. The Bertz CT molecular complexity index is 177. The molecule has 0 bridgehead atoms. The molecule has 0 saturated heterocycles. The maximum Gasteiger partial charge on any atom is 0.290 e. The van der Waals surface area contributed by atoms with E-state index in [1.807, 2.05) is 0 Å². The predicted molar refractivity (Wildman–Crippen MR) is 35.4 cm³/mol. The second-order valence-electron chi connectivity index (χ2n) is 2.73. The molecule has 0 rings (SSSR count). The Hall–Kier alpha value is -0.490. The molecule has 0 unspecified atom stereocenters. The molecule has 85 valence electrons. The molecule has 1 radical (unpaired) electrons. The van der Waals surface area contributed by atoms with Crippen LogP contribution in [0.2, 0.25) is 0 Å². The number of halogens is 7. The van der Waals surface area contributed by atoms with Crippen LogP contribution in [0.3, 0.4) is 0 Å². The van der Waals surface area contributed by atoms with Gasteiger partial charge in [-0.1, -0.05) is 0 Å². The van der Waals surface area contributed by atoms with Gasteiger partial charge in [0.2, 0.25) is 12.6 Å². The van der Waals surface area contributed by atoms with Crippen molar-refractivity contribution >= 4 is 0 Å². The van der Waals surface area contributed by atoms with Gasteiger partial charge in [0.05, 0.1) is 6.42 Å². The molecule has 0 saturated carbocycles. The molecule has 7 heteroatoms. The smallest absolute Gasteiger partial charge is 0.234 e. The van der Waals surface area contributed by atoms with Gasteiger partial charge in [-0.25, -0.2) is 30.7 Å². The highest BCUT2D eigenvalue weighted by Gasteiger charge is 2.55. The fourth-order valence-corrected chi connectivity index (χ4v) is 0.745. The van der Waals surface area contributed by atoms with Gasteiger partial charge < -0.3 is 0 Å². The summed E-state index contributed by atoms with van der Waals surface area (Å²) in [6.07, 6.45) is -11.1. The molecule has 14 heavy (non-hydrogen) atoms. The van der Waals surface area contributed by atoms with Crippen molar-refractivity contribution in [3.63, 3.8) is 0 Å². The van der Waals surface area contributed by atoms with Crippen molar-refractivity contribution in [2.45, 2.75) is 37.3 Å². The van der Waals surface area contributed by atoms with E-state index in [1.165, 1.54) is 0 Å². The monoisotopic (exact) mass is 225 g/mol. The van der Waals surface area contributed by atoms with Gasteiger partial charge in [-0.15, -0.1) is 0 Å². The zero-order valence-electron chi connectivity index (χ0n) is 6.92. The van der Waals surface area contributed by atoms with E-state index in [0.29, 0.717) is 0 Å². The highest BCUT2D eigenvalue weighted by molar-refractivity contribution is 4.89. The van der Waals surface area contributed by atoms with E-state index in [1.54, 1.807) is 0 Å². The lowest BCUT2D eigenvalue weighted by molar-refractivity contribution is -0.192. The van der Waals surface area contributed by atoms with Crippen molar-refractivity contribution < 1.29 is 30.7 Å². The summed E-state index contributed by atoms with van der Waals surface area (Å²) >= 11 is 0. The van der Waals surface area contributed by atoms with Gasteiger partial charge in [-0.3, -0.25) is 0 Å². The standard InChI is InChI=1S/C7H8F7/c1-2-6(11,12)5(10)7(13,14)3-4(8)9/h4-5H,1-3H2/t5-/m0/s1. The zero-order chi connectivity index (χ0) is 11.6. The van der Waals surface area contributed by atoms with Crippen LogP contribution in [0.15, 0.2) is 0 Å². The molecule has 0 aliphatic rings. The first-order valence-corrected chi connectivity index (χ1v) is 3.60. The highest BCUT2D eigenvalue weighted by atomic mass is 19.3. The van der Waals surface area contributed by atoms with E-state index in [0.717, 1.165) is 0 Å². The van der Waals surface area contributed by atoms with Gasteiger partial charge in [0.15, 0.2) is 0 Å². The topological polar surface area (TPSA) is 0 Å². The van der Waals surface area contributed by atoms with E-state index in [2.05, 4.69) is 6.92 Å². The lowest BCUT2D eigenvalue weighted by Gasteiger charge is -2.26. The van der Waals surface area contributed by atoms with Gasteiger partial charge in [0, 0.05) is 6.42 Å². The molecule has 0 aromatic heterocycles. The third-order valence-corrected chi connectivity index (χ3v) is 1.50. The highest BCUT2D eigenvalue weighted by Crippen LogP contribution is 2.38. The van der Waals surface area contributed by atoms with Gasteiger partial charge in [0.1, 0.15) is 0 Å². The Labute approximate surface area is 76.1 Å². The lowest BCUT2D eigenvalue weighted by atomic mass is 10.0. The minimum Gasteiger partial charge on any atom is -0.234 e. The second kappa shape index (κ2) is 4.35. The number of rotatable bonds is 5. The third-order valence-electron chi connectivity index (χ3n) is 1.50. The molecular formula is C7H8F7. The molecule has 0 heterocycles. The van der Waals surface area contributed by atoms with Crippen LogP contribution < -0.4 is 0 Å². The minimum atomic E-state index is -4.74. The Morgan fingerprint density at radius 2 is 1.36 bits per heavy atom. The average Bonchev–Trinajstić information content (AvgIpc) is 2.00. The van der Waals surface area contributed by atoms with Crippen molar-refractivity contribution in [1.29, 1.82) is 0 Å². The summed E-state index contributed by atoms with van der Waals surface area (Å²) in [4.78, 5) is 0. The number of alkyl halides is 7. The van der Waals surface area contributed by atoms with Crippen LogP contribution in [0, 0.1) is 6.92 Å². The van der Waals surface area contributed by atoms with Crippen molar-refractivity contribution in [2.75, 3.05) is 0 Å². The molecule has 0 nitrogen and oxygen atoms in total. The first-order valence-electron chi connectivity index (χ1n) is 3.60. The van der Waals surface area contributed by atoms with Crippen LogP contribution in [0.5, 0.6) is 0 Å². The molecule has 0 fully saturated rings. The van der Waals surface area contributed by atoms with Gasteiger partial charge >= 0.3 is 0 Å². The maximum atomic E-state index is 12.4. The molecular weight excluding hydrogens is 217 g/mol. The summed E-state index contributed by atoms with van der Waals surface area (Å²) in [5.41, 5.74) is 0. The Kier molecular flexibility index (Phi) is 4.20. The summed E-state index contributed by atoms with van der Waals surface area (Å²) in [7, 11) is 0. The van der Waals surface area contributed by atoms with Crippen LogP contribution >= 0.6 is 0 Å². The molecule has 0 aliphatic heterocycles. The zero-order valence-corrected chi connectivity index (χ0v) is 6.92. The lowest BCUT2D eigenvalue weighted by Crippen LogP contribution is -2.44. The van der Waals surface area contributed by atoms with E-state index >= 15 is 0 Å². The fraction of sp³-hybridized carbons (Fsp3) is 0.857. The van der Waals surface area contributed by atoms with E-state index in [-0.39, 0.29) is 0 Å². The van der Waals surface area contributed by atoms with Crippen molar-refractivity contribution in [1.82, 2.24) is 0 Å². The van der Waals surface area contributed by atoms with Gasteiger partial charge in [0.25, 0.3) is 11.8 Å². The Morgan fingerprint density at radius 1 is 0.929 bits per heavy atom. The third kappa shape index (κ3) is 3.34. The normalized spacial score (nSPS) is 16.1. The Balaban J connectivity index is 4.56. The number of hydrogen-bond acceptors (Lipinski definition) is 0. The summed E-state index contributed by atoms with van der Waals surface area (Å²) in [5, 5.41) is 0. The largest absolute Gasteiger partial charge is 0.290 e. The summed E-state index contributed by atoms with van der Waals surface area (Å²) in [6.45, 7) is 2.56. The van der Waals surface area contributed by atoms with E-state index in [4.69, 9.17) is 0 Å². The second-order valence-corrected chi connectivity index (χ2v) is 2.73. The molecule has 1 atom stereocenters. The maximum absolute atomic E-state index is 12.4. The van der Waals surface area contributed by atoms with Crippen molar-refractivity contribution in [2.24, 2.45) is 0 Å². The van der Waals surface area contributed by atoms with Crippen LogP contribution in [-0.2, 0) is 0 Å². The minimum absolute atomic E-state index is 1.41. The summed E-state index contributed by atoms with van der Waals surface area (Å²) in [6, 6.07) is 0. The first-order chi connectivity index (χ1) is 6.13. The van der Waals surface area contributed by atoms with Crippen LogP contribution in [-0.4, -0.2) is 24.4 Å². The predicted octanol–water partition coefficient (Wildman–Crippen LogP) is 3.47. The average molecular weight is 225 g/mol. The number of hydrogen-bond donors (Lipinski definition) is 0. The first kappa shape index (κ1) is 13.5. The quantitative estimate of drug-likeness (QED) is 0.628. The Morgan fingerprint density at radius 3 is 1.64 bits per heavy atom. The molecule has 0 aromatic carbocycles. The SMILES string of the molecule is [CH2]CC(F)(F)[C@H](F)C(F)(F)CC(F)F. The van der Waals surface area contributed by atoms with E-state index < -0.39 is 37.3 Å². The molecule has 0 amide bonds.